The first-order chi connectivity index (χ1) is 8.83. The van der Waals surface area contributed by atoms with Crippen molar-refractivity contribution in [2.45, 2.75) is 38.3 Å². The van der Waals surface area contributed by atoms with E-state index in [2.05, 4.69) is 24.2 Å². The van der Waals surface area contributed by atoms with Gasteiger partial charge in [0.1, 0.15) is 11.6 Å². The molecular weight excluding hydrogens is 248 g/mol. The number of nitrogens with one attached hydrogen (secondary N) is 1. The number of likely N-dealkylation sites (N-methyl/N-ethyl adjacent to an activating group) is 1. The van der Waals surface area contributed by atoms with Gasteiger partial charge in [-0.25, -0.2) is 8.78 Å². The monoisotopic (exact) mass is 271 g/mol. The van der Waals surface area contributed by atoms with E-state index in [0.717, 1.165) is 12.5 Å². The van der Waals surface area contributed by atoms with Gasteiger partial charge < -0.3 is 4.90 Å². The third-order valence-corrected chi connectivity index (χ3v) is 4.05. The number of nitrogens with zero attached hydrogens (tertiary/aromatic N) is 1. The van der Waals surface area contributed by atoms with Gasteiger partial charge in [0.25, 0.3) is 0 Å². The molecule has 0 aliphatic rings. The minimum absolute atomic E-state index is 0.103. The molecule has 0 amide bonds. The minimum Gasteiger partial charge on any atom is -0.302 e. The normalized spacial score (nSPS) is 16.4. The summed E-state index contributed by atoms with van der Waals surface area (Å²) in [4.78, 5) is 2.08. The van der Waals surface area contributed by atoms with Crippen LogP contribution in [-0.2, 0) is 6.42 Å². The SMILES string of the molecule is CCC(C)(C(Cc1cc(F)cc(F)c1)NN)N(C)C. The van der Waals surface area contributed by atoms with Gasteiger partial charge in [-0.3, -0.25) is 11.3 Å². The number of rotatable bonds is 6. The summed E-state index contributed by atoms with van der Waals surface area (Å²) in [6, 6.07) is 3.46. The molecule has 0 saturated heterocycles. The van der Waals surface area contributed by atoms with Gasteiger partial charge in [0.15, 0.2) is 0 Å². The Kier molecular flexibility index (Phi) is 5.40. The van der Waals surface area contributed by atoms with Crippen LogP contribution in [0, 0.1) is 11.6 Å². The topological polar surface area (TPSA) is 41.3 Å². The van der Waals surface area contributed by atoms with Gasteiger partial charge in [0, 0.05) is 17.6 Å². The highest BCUT2D eigenvalue weighted by atomic mass is 19.1. The molecule has 0 bridgehead atoms. The average molecular weight is 271 g/mol. The standard InChI is InChI=1S/C14H23F2N3/c1-5-14(2,19(3)4)13(18-17)8-10-6-11(15)9-12(16)7-10/h6-7,9,13,18H,5,8,17H2,1-4H3. The summed E-state index contributed by atoms with van der Waals surface area (Å²) < 4.78 is 26.4. The van der Waals surface area contributed by atoms with E-state index in [1.165, 1.54) is 12.1 Å². The summed E-state index contributed by atoms with van der Waals surface area (Å²) >= 11 is 0. The highest BCUT2D eigenvalue weighted by molar-refractivity contribution is 5.20. The summed E-state index contributed by atoms with van der Waals surface area (Å²) in [5.41, 5.74) is 3.18. The number of nitrogens with two attached hydrogens (primary N) is 1. The molecule has 0 aromatic heterocycles. The zero-order chi connectivity index (χ0) is 14.6. The smallest absolute Gasteiger partial charge is 0.126 e. The maximum absolute atomic E-state index is 13.2. The van der Waals surface area contributed by atoms with Crippen molar-refractivity contribution in [3.63, 3.8) is 0 Å². The van der Waals surface area contributed by atoms with Crippen LogP contribution in [0.5, 0.6) is 0 Å². The predicted molar refractivity (Wildman–Crippen MR) is 73.6 cm³/mol. The summed E-state index contributed by atoms with van der Waals surface area (Å²) in [6.45, 7) is 4.14. The van der Waals surface area contributed by atoms with Crippen LogP contribution < -0.4 is 11.3 Å². The van der Waals surface area contributed by atoms with Crippen LogP contribution in [0.1, 0.15) is 25.8 Å². The Labute approximate surface area is 113 Å². The van der Waals surface area contributed by atoms with Gasteiger partial charge in [-0.2, -0.15) is 0 Å². The summed E-state index contributed by atoms with van der Waals surface area (Å²) in [5, 5.41) is 0. The van der Waals surface area contributed by atoms with Crippen LogP contribution in [0.4, 0.5) is 8.78 Å². The average Bonchev–Trinajstić information content (AvgIpc) is 2.33. The molecule has 3 N–H and O–H groups in total. The number of benzene rings is 1. The first-order valence-electron chi connectivity index (χ1n) is 6.42. The van der Waals surface area contributed by atoms with Crippen LogP contribution in [0.3, 0.4) is 0 Å². The number of hydrogen-bond donors (Lipinski definition) is 2. The van der Waals surface area contributed by atoms with Crippen molar-refractivity contribution < 1.29 is 8.78 Å². The molecule has 0 fully saturated rings. The maximum atomic E-state index is 13.2. The lowest BCUT2D eigenvalue weighted by Crippen LogP contribution is -2.59. The Bertz CT molecular complexity index is 403. The Morgan fingerprint density at radius 1 is 1.26 bits per heavy atom. The molecule has 0 radical (unpaired) electrons. The van der Waals surface area contributed by atoms with E-state index < -0.39 is 11.6 Å². The second-order valence-electron chi connectivity index (χ2n) is 5.31. The zero-order valence-electron chi connectivity index (χ0n) is 12.0. The molecule has 3 nitrogen and oxygen atoms in total. The highest BCUT2D eigenvalue weighted by Gasteiger charge is 2.34. The van der Waals surface area contributed by atoms with E-state index >= 15 is 0 Å². The lowest BCUT2D eigenvalue weighted by atomic mass is 9.84. The number of hydrazine groups is 1. The van der Waals surface area contributed by atoms with Crippen LogP contribution in [0.25, 0.3) is 0 Å². The Morgan fingerprint density at radius 3 is 2.16 bits per heavy atom. The van der Waals surface area contributed by atoms with Crippen molar-refractivity contribution in [2.24, 2.45) is 5.84 Å². The molecule has 0 spiro atoms. The lowest BCUT2D eigenvalue weighted by molar-refractivity contribution is 0.112. The second-order valence-corrected chi connectivity index (χ2v) is 5.31. The Balaban J connectivity index is 2.98. The van der Waals surface area contributed by atoms with Gasteiger partial charge in [0.05, 0.1) is 0 Å². The number of hydrogen-bond acceptors (Lipinski definition) is 3. The van der Waals surface area contributed by atoms with E-state index in [1.54, 1.807) is 0 Å². The predicted octanol–water partition coefficient (Wildman–Crippen LogP) is 2.07. The van der Waals surface area contributed by atoms with Crippen molar-refractivity contribution in [3.8, 4) is 0 Å². The summed E-state index contributed by atoms with van der Waals surface area (Å²) in [7, 11) is 3.94. The van der Waals surface area contributed by atoms with Gasteiger partial charge in [-0.05, 0) is 51.6 Å². The molecule has 108 valence electrons. The molecule has 1 rings (SSSR count). The third-order valence-electron chi connectivity index (χ3n) is 4.05. The van der Waals surface area contributed by atoms with Crippen molar-refractivity contribution in [1.82, 2.24) is 10.3 Å². The molecule has 19 heavy (non-hydrogen) atoms. The van der Waals surface area contributed by atoms with Gasteiger partial charge in [-0.1, -0.05) is 6.92 Å². The molecule has 1 aromatic carbocycles. The minimum atomic E-state index is -0.561. The first kappa shape index (κ1) is 16.0. The van der Waals surface area contributed by atoms with Crippen LogP contribution in [0.2, 0.25) is 0 Å². The van der Waals surface area contributed by atoms with E-state index in [1.807, 2.05) is 14.1 Å². The fourth-order valence-corrected chi connectivity index (χ4v) is 2.30. The van der Waals surface area contributed by atoms with E-state index in [9.17, 15) is 8.78 Å². The van der Waals surface area contributed by atoms with Gasteiger partial charge in [0.2, 0.25) is 0 Å². The van der Waals surface area contributed by atoms with Crippen molar-refractivity contribution in [3.05, 3.63) is 35.4 Å². The molecule has 0 aliphatic heterocycles. The van der Waals surface area contributed by atoms with Crippen molar-refractivity contribution in [2.75, 3.05) is 14.1 Å². The van der Waals surface area contributed by atoms with Crippen LogP contribution >= 0.6 is 0 Å². The van der Waals surface area contributed by atoms with E-state index in [0.29, 0.717) is 12.0 Å². The van der Waals surface area contributed by atoms with Crippen molar-refractivity contribution >= 4 is 0 Å². The fraction of sp³-hybridized carbons (Fsp3) is 0.571. The molecule has 2 atom stereocenters. The Hall–Kier alpha value is -1.04. The molecule has 5 heteroatoms. The molecule has 0 saturated carbocycles. The quantitative estimate of drug-likeness (QED) is 0.615. The highest BCUT2D eigenvalue weighted by Crippen LogP contribution is 2.24. The van der Waals surface area contributed by atoms with Crippen LogP contribution in [0.15, 0.2) is 18.2 Å². The van der Waals surface area contributed by atoms with Gasteiger partial charge >= 0.3 is 0 Å². The molecule has 1 aromatic rings. The number of halogens is 2. The lowest BCUT2D eigenvalue weighted by Gasteiger charge is -2.42. The fourth-order valence-electron chi connectivity index (χ4n) is 2.30. The van der Waals surface area contributed by atoms with Crippen molar-refractivity contribution in [1.29, 1.82) is 0 Å². The largest absolute Gasteiger partial charge is 0.302 e. The Morgan fingerprint density at radius 2 is 1.79 bits per heavy atom. The molecule has 0 aliphatic carbocycles. The molecule has 2 unspecified atom stereocenters. The second kappa shape index (κ2) is 6.41. The molecule has 0 heterocycles. The zero-order valence-corrected chi connectivity index (χ0v) is 12.0. The van der Waals surface area contributed by atoms with E-state index in [4.69, 9.17) is 5.84 Å². The molecular formula is C14H23F2N3. The summed E-state index contributed by atoms with van der Waals surface area (Å²) in [6.07, 6.45) is 1.33. The maximum Gasteiger partial charge on any atom is 0.126 e. The van der Waals surface area contributed by atoms with E-state index in [-0.39, 0.29) is 11.6 Å². The first-order valence-corrected chi connectivity index (χ1v) is 6.42. The van der Waals surface area contributed by atoms with Crippen LogP contribution in [-0.4, -0.2) is 30.6 Å². The third kappa shape index (κ3) is 3.72. The van der Waals surface area contributed by atoms with Gasteiger partial charge in [-0.15, -0.1) is 0 Å². The summed E-state index contributed by atoms with van der Waals surface area (Å²) in [5.74, 6) is 4.51.